The lowest BCUT2D eigenvalue weighted by Gasteiger charge is -2.09. The first-order valence-corrected chi connectivity index (χ1v) is 10.4. The number of aliphatic imine (C=N–C) groups is 1. The van der Waals surface area contributed by atoms with Gasteiger partial charge in [0.15, 0.2) is 0 Å². The van der Waals surface area contributed by atoms with Crippen molar-refractivity contribution in [3.63, 3.8) is 0 Å². The van der Waals surface area contributed by atoms with Crippen LogP contribution < -0.4 is 4.18 Å². The van der Waals surface area contributed by atoms with Crippen LogP contribution in [0.2, 0.25) is 10.0 Å². The smallest absolute Gasteiger partial charge is 0.379 e. The summed E-state index contributed by atoms with van der Waals surface area (Å²) in [5.41, 5.74) is -0.146. The number of hydrogen-bond acceptors (Lipinski definition) is 4. The van der Waals surface area contributed by atoms with Crippen molar-refractivity contribution in [1.82, 2.24) is 0 Å². The average Bonchev–Trinajstić information content (AvgIpc) is 2.68. The Morgan fingerprint density at radius 1 is 0.933 bits per heavy atom. The van der Waals surface area contributed by atoms with Gasteiger partial charge in [0.1, 0.15) is 10.6 Å². The van der Waals surface area contributed by atoms with Gasteiger partial charge in [-0.3, -0.25) is 4.99 Å². The summed E-state index contributed by atoms with van der Waals surface area (Å²) in [6.45, 7) is 0. The molecule has 0 unspecified atom stereocenters. The normalized spacial score (nSPS) is 12.3. The van der Waals surface area contributed by atoms with E-state index in [0.29, 0.717) is 5.56 Å². The summed E-state index contributed by atoms with van der Waals surface area (Å²) in [7, 11) is -4.21. The predicted molar refractivity (Wildman–Crippen MR) is 109 cm³/mol. The van der Waals surface area contributed by atoms with Gasteiger partial charge in [-0.05, 0) is 66.2 Å². The van der Waals surface area contributed by atoms with Gasteiger partial charge >= 0.3 is 16.3 Å². The van der Waals surface area contributed by atoms with E-state index in [4.69, 9.17) is 27.4 Å². The molecule has 0 N–H and O–H groups in total. The molecule has 0 bridgehead atoms. The summed E-state index contributed by atoms with van der Waals surface area (Å²) >= 11 is 11.7. The molecule has 3 rings (SSSR count). The zero-order chi connectivity index (χ0) is 21.9. The number of hydrogen-bond donors (Lipinski definition) is 0. The lowest BCUT2D eigenvalue weighted by atomic mass is 10.2. The molecule has 4 nitrogen and oxygen atoms in total. The second-order valence-electron chi connectivity index (χ2n) is 5.99. The zero-order valence-corrected chi connectivity index (χ0v) is 17.2. The maximum atomic E-state index is 12.8. The summed E-state index contributed by atoms with van der Waals surface area (Å²) in [5.74, 6) is 0.0160. The molecule has 0 aliphatic heterocycles. The molecule has 0 saturated carbocycles. The Kier molecular flexibility index (Phi) is 6.40. The SMILES string of the molecule is O=S(=O)(Oc1ccc(C=Nc2cccc(C(F)(F)F)c2)cc1)c1cc(Cl)ccc1Cl. The predicted octanol–water partition coefficient (Wildman–Crippen LogP) is 6.53. The fourth-order valence-electron chi connectivity index (χ4n) is 2.36. The fraction of sp³-hybridized carbons (Fsp3) is 0.0500. The molecular weight excluding hydrogens is 462 g/mol. The van der Waals surface area contributed by atoms with E-state index in [1.54, 1.807) is 0 Å². The number of alkyl halides is 3. The van der Waals surface area contributed by atoms with Crippen LogP contribution >= 0.6 is 23.2 Å². The third-order valence-corrected chi connectivity index (χ3v) is 5.75. The van der Waals surface area contributed by atoms with E-state index in [9.17, 15) is 21.6 Å². The number of nitrogens with zero attached hydrogens (tertiary/aromatic N) is 1. The molecule has 0 radical (unpaired) electrons. The molecule has 0 spiro atoms. The first kappa shape index (κ1) is 22.1. The van der Waals surface area contributed by atoms with Gasteiger partial charge in [-0.15, -0.1) is 0 Å². The van der Waals surface area contributed by atoms with Gasteiger partial charge in [-0.2, -0.15) is 21.6 Å². The fourth-order valence-corrected chi connectivity index (χ4v) is 4.03. The van der Waals surface area contributed by atoms with Gasteiger partial charge in [0.05, 0.1) is 16.3 Å². The van der Waals surface area contributed by atoms with Crippen LogP contribution in [0.4, 0.5) is 18.9 Å². The van der Waals surface area contributed by atoms with E-state index in [2.05, 4.69) is 4.99 Å². The van der Waals surface area contributed by atoms with Crippen LogP contribution in [0.1, 0.15) is 11.1 Å². The Bertz CT molecular complexity index is 1190. The summed E-state index contributed by atoms with van der Waals surface area (Å²) in [4.78, 5) is 3.74. The third-order valence-electron chi connectivity index (χ3n) is 3.78. The molecule has 0 atom stereocenters. The van der Waals surface area contributed by atoms with Crippen LogP contribution in [0.15, 0.2) is 76.6 Å². The Morgan fingerprint density at radius 3 is 2.30 bits per heavy atom. The van der Waals surface area contributed by atoms with Crippen molar-refractivity contribution in [2.24, 2.45) is 4.99 Å². The van der Waals surface area contributed by atoms with Crippen LogP contribution in [-0.4, -0.2) is 14.6 Å². The van der Waals surface area contributed by atoms with Crippen molar-refractivity contribution in [3.8, 4) is 5.75 Å². The molecular formula is C20H12Cl2F3NO3S. The number of halogens is 5. The Morgan fingerprint density at radius 2 is 1.63 bits per heavy atom. The Labute approximate surface area is 180 Å². The van der Waals surface area contributed by atoms with E-state index in [0.717, 1.165) is 12.1 Å². The van der Waals surface area contributed by atoms with E-state index in [1.807, 2.05) is 0 Å². The highest BCUT2D eigenvalue weighted by Crippen LogP contribution is 2.31. The number of benzene rings is 3. The van der Waals surface area contributed by atoms with E-state index in [1.165, 1.54) is 60.8 Å². The molecule has 0 aliphatic carbocycles. The standard InChI is InChI=1S/C20H12Cl2F3NO3S/c21-15-6-9-18(22)19(11-15)30(27,28)29-17-7-4-13(5-8-17)12-26-16-3-1-2-14(10-16)20(23,24)25/h1-12H. The topological polar surface area (TPSA) is 55.7 Å². The molecule has 0 amide bonds. The summed E-state index contributed by atoms with van der Waals surface area (Å²) in [6.07, 6.45) is -3.11. The highest BCUT2D eigenvalue weighted by molar-refractivity contribution is 7.87. The molecule has 156 valence electrons. The quantitative estimate of drug-likeness (QED) is 0.312. The highest BCUT2D eigenvalue weighted by Gasteiger charge is 2.30. The van der Waals surface area contributed by atoms with E-state index < -0.39 is 21.9 Å². The van der Waals surface area contributed by atoms with Crippen LogP contribution in [-0.2, 0) is 16.3 Å². The molecule has 3 aromatic carbocycles. The van der Waals surface area contributed by atoms with E-state index >= 15 is 0 Å². The van der Waals surface area contributed by atoms with E-state index in [-0.39, 0.29) is 26.4 Å². The van der Waals surface area contributed by atoms with Crippen molar-refractivity contribution in [2.75, 3.05) is 0 Å². The second-order valence-corrected chi connectivity index (χ2v) is 8.35. The molecule has 0 fully saturated rings. The summed E-state index contributed by atoms with van der Waals surface area (Å²) in [6, 6.07) is 14.3. The van der Waals surface area contributed by atoms with Gasteiger partial charge in [-0.25, -0.2) is 0 Å². The number of rotatable bonds is 5. The van der Waals surface area contributed by atoms with Crippen LogP contribution in [0.5, 0.6) is 5.75 Å². The lowest BCUT2D eigenvalue weighted by molar-refractivity contribution is -0.137. The van der Waals surface area contributed by atoms with Crippen LogP contribution in [0.25, 0.3) is 0 Å². The third kappa shape index (κ3) is 5.53. The lowest BCUT2D eigenvalue weighted by Crippen LogP contribution is -2.10. The van der Waals surface area contributed by atoms with Gasteiger partial charge in [-0.1, -0.05) is 29.3 Å². The van der Waals surface area contributed by atoms with Crippen LogP contribution in [0.3, 0.4) is 0 Å². The molecule has 10 heteroatoms. The van der Waals surface area contributed by atoms with Crippen molar-refractivity contribution >= 4 is 45.2 Å². The zero-order valence-electron chi connectivity index (χ0n) is 14.9. The molecule has 0 heterocycles. The first-order chi connectivity index (χ1) is 14.0. The molecule has 0 aromatic heterocycles. The first-order valence-electron chi connectivity index (χ1n) is 8.25. The van der Waals surface area contributed by atoms with Crippen LogP contribution in [0, 0.1) is 0 Å². The second kappa shape index (κ2) is 8.67. The highest BCUT2D eigenvalue weighted by atomic mass is 35.5. The minimum absolute atomic E-state index is 0.0160. The largest absolute Gasteiger partial charge is 0.416 e. The van der Waals surface area contributed by atoms with Crippen molar-refractivity contribution < 1.29 is 25.8 Å². The molecule has 0 aliphatic rings. The molecule has 0 saturated heterocycles. The van der Waals surface area contributed by atoms with Crippen molar-refractivity contribution in [2.45, 2.75) is 11.1 Å². The monoisotopic (exact) mass is 473 g/mol. The molecule has 3 aromatic rings. The van der Waals surface area contributed by atoms with Gasteiger partial charge in [0.25, 0.3) is 0 Å². The minimum Gasteiger partial charge on any atom is -0.379 e. The summed E-state index contributed by atoms with van der Waals surface area (Å²) in [5, 5.41) is 0.145. The van der Waals surface area contributed by atoms with Gasteiger partial charge < -0.3 is 4.18 Å². The van der Waals surface area contributed by atoms with Crippen molar-refractivity contribution in [1.29, 1.82) is 0 Å². The van der Waals surface area contributed by atoms with Gasteiger partial charge in [0, 0.05) is 11.2 Å². The van der Waals surface area contributed by atoms with Crippen molar-refractivity contribution in [3.05, 3.63) is 87.9 Å². The maximum absolute atomic E-state index is 12.8. The Hall–Kier alpha value is -2.55. The molecule has 30 heavy (non-hydrogen) atoms. The Balaban J connectivity index is 1.75. The minimum atomic E-state index is -4.46. The van der Waals surface area contributed by atoms with Gasteiger partial charge in [0.2, 0.25) is 0 Å². The maximum Gasteiger partial charge on any atom is 0.416 e. The summed E-state index contributed by atoms with van der Waals surface area (Å²) < 4.78 is 68.1. The average molecular weight is 474 g/mol.